The van der Waals surface area contributed by atoms with Gasteiger partial charge in [-0.05, 0) is 44.5 Å². The molecule has 0 saturated carbocycles. The zero-order chi connectivity index (χ0) is 23.9. The summed E-state index contributed by atoms with van der Waals surface area (Å²) in [5, 5.41) is 8.16. The average molecular weight is 484 g/mol. The number of aromatic nitrogens is 3. The van der Waals surface area contributed by atoms with Crippen LogP contribution in [0.5, 0.6) is 0 Å². The van der Waals surface area contributed by atoms with Gasteiger partial charge >= 0.3 is 0 Å². The average Bonchev–Trinajstić information content (AvgIpc) is 3.22. The molecule has 1 aromatic carbocycles. The number of hydrogen-bond acceptors (Lipinski definition) is 7. The van der Waals surface area contributed by atoms with Gasteiger partial charge < -0.3 is 9.73 Å². The van der Waals surface area contributed by atoms with Gasteiger partial charge in [-0.25, -0.2) is 4.98 Å². The van der Waals surface area contributed by atoms with E-state index in [-0.39, 0.29) is 22.3 Å². The molecule has 0 fully saturated rings. The second-order valence-electron chi connectivity index (χ2n) is 7.86. The Morgan fingerprint density at radius 3 is 2.70 bits per heavy atom. The SMILES string of the molecule is Cc1cc(C(C)Nc2ccc(Cl)nc2C(=O)NS)c2oc(-c3cnn(C)c3)c(C)c(=O)c2c1. The Morgan fingerprint density at radius 2 is 2.03 bits per heavy atom. The predicted molar refractivity (Wildman–Crippen MR) is 132 cm³/mol. The maximum atomic E-state index is 13.2. The summed E-state index contributed by atoms with van der Waals surface area (Å²) >= 11 is 9.81. The van der Waals surface area contributed by atoms with E-state index in [0.717, 1.165) is 16.7 Å². The molecule has 0 saturated heterocycles. The fraction of sp³-hybridized carbons (Fsp3) is 0.217. The van der Waals surface area contributed by atoms with E-state index in [1.807, 2.05) is 26.0 Å². The number of pyridine rings is 1. The minimum Gasteiger partial charge on any atom is -0.455 e. The topological polar surface area (TPSA) is 102 Å². The molecule has 0 aliphatic heterocycles. The lowest BCUT2D eigenvalue weighted by Crippen LogP contribution is -2.19. The van der Waals surface area contributed by atoms with Crippen molar-refractivity contribution in [3.63, 3.8) is 0 Å². The van der Waals surface area contributed by atoms with Crippen LogP contribution in [0.15, 0.2) is 45.9 Å². The molecule has 170 valence electrons. The molecule has 4 aromatic rings. The van der Waals surface area contributed by atoms with E-state index in [9.17, 15) is 9.59 Å². The van der Waals surface area contributed by atoms with Crippen LogP contribution < -0.4 is 15.5 Å². The van der Waals surface area contributed by atoms with Crippen LogP contribution in [0, 0.1) is 13.8 Å². The van der Waals surface area contributed by atoms with Gasteiger partial charge in [0.15, 0.2) is 11.1 Å². The van der Waals surface area contributed by atoms with Gasteiger partial charge in [0.05, 0.1) is 28.9 Å². The second-order valence-corrected chi connectivity index (χ2v) is 8.47. The number of aryl methyl sites for hydroxylation is 2. The molecule has 3 heterocycles. The highest BCUT2D eigenvalue weighted by Gasteiger charge is 2.21. The highest BCUT2D eigenvalue weighted by atomic mass is 35.5. The number of nitrogens with one attached hydrogen (secondary N) is 2. The molecule has 10 heteroatoms. The number of carbonyl (C=O) groups excluding carboxylic acids is 1. The molecule has 1 unspecified atom stereocenters. The third-order valence-corrected chi connectivity index (χ3v) is 5.79. The molecule has 0 aliphatic rings. The Kier molecular flexibility index (Phi) is 6.18. The van der Waals surface area contributed by atoms with Crippen LogP contribution in [0.4, 0.5) is 5.69 Å². The number of thiol groups is 1. The standard InChI is InChI=1S/C23H22ClN5O3S/c1-11-7-15(13(3)26-17-5-6-18(24)27-19(17)23(31)28-33)22-16(8-11)20(30)12(2)21(32-22)14-9-25-29(4)10-14/h5-10,13,26,33H,1-4H3,(H,28,31). The third-order valence-electron chi connectivity index (χ3n) is 5.38. The summed E-state index contributed by atoms with van der Waals surface area (Å²) in [7, 11) is 1.80. The maximum absolute atomic E-state index is 13.2. The van der Waals surface area contributed by atoms with Crippen molar-refractivity contribution in [2.75, 3.05) is 5.32 Å². The number of rotatable bonds is 5. The summed E-state index contributed by atoms with van der Waals surface area (Å²) in [5.74, 6) is -0.0214. The van der Waals surface area contributed by atoms with E-state index in [1.165, 1.54) is 0 Å². The molecule has 2 N–H and O–H groups in total. The first-order chi connectivity index (χ1) is 15.7. The Morgan fingerprint density at radius 1 is 1.27 bits per heavy atom. The van der Waals surface area contributed by atoms with Crippen LogP contribution in [-0.4, -0.2) is 20.7 Å². The van der Waals surface area contributed by atoms with Gasteiger partial charge in [0.2, 0.25) is 0 Å². The molecule has 4 rings (SSSR count). The lowest BCUT2D eigenvalue weighted by atomic mass is 9.99. The van der Waals surface area contributed by atoms with Crippen molar-refractivity contribution in [1.29, 1.82) is 0 Å². The van der Waals surface area contributed by atoms with Gasteiger partial charge in [0.25, 0.3) is 5.91 Å². The number of carbonyl (C=O) groups is 1. The Balaban J connectivity index is 1.87. The number of fused-ring (bicyclic) bond motifs is 1. The fourth-order valence-electron chi connectivity index (χ4n) is 3.79. The third kappa shape index (κ3) is 4.34. The van der Waals surface area contributed by atoms with Crippen molar-refractivity contribution in [3.8, 4) is 11.3 Å². The first-order valence-electron chi connectivity index (χ1n) is 10.1. The minimum atomic E-state index is -0.495. The number of nitrogens with zero attached hydrogens (tertiary/aromatic N) is 3. The van der Waals surface area contributed by atoms with Crippen molar-refractivity contribution in [1.82, 2.24) is 19.5 Å². The van der Waals surface area contributed by atoms with Gasteiger partial charge in [-0.2, -0.15) is 5.10 Å². The summed E-state index contributed by atoms with van der Waals surface area (Å²) in [6.45, 7) is 5.58. The van der Waals surface area contributed by atoms with Crippen LogP contribution in [0.1, 0.15) is 40.1 Å². The second kappa shape index (κ2) is 8.92. The molecule has 8 nitrogen and oxygen atoms in total. The lowest BCUT2D eigenvalue weighted by molar-refractivity contribution is 0.0981. The Hall–Kier alpha value is -3.30. The van der Waals surface area contributed by atoms with E-state index in [4.69, 9.17) is 16.0 Å². The summed E-state index contributed by atoms with van der Waals surface area (Å²) < 4.78 is 10.2. The molecule has 3 aromatic heterocycles. The van der Waals surface area contributed by atoms with Crippen LogP contribution in [0.3, 0.4) is 0 Å². The summed E-state index contributed by atoms with van der Waals surface area (Å²) in [6, 6.07) is 6.69. The molecule has 0 radical (unpaired) electrons. The zero-order valence-corrected chi connectivity index (χ0v) is 20.1. The van der Waals surface area contributed by atoms with Crippen molar-refractivity contribution < 1.29 is 9.21 Å². The zero-order valence-electron chi connectivity index (χ0n) is 18.4. The highest BCUT2D eigenvalue weighted by molar-refractivity contribution is 7.78. The molecule has 1 amide bonds. The van der Waals surface area contributed by atoms with E-state index in [0.29, 0.717) is 28.0 Å². The van der Waals surface area contributed by atoms with E-state index < -0.39 is 5.91 Å². The molecule has 33 heavy (non-hydrogen) atoms. The molecule has 1 atom stereocenters. The summed E-state index contributed by atoms with van der Waals surface area (Å²) in [4.78, 5) is 29.6. The molecular weight excluding hydrogens is 462 g/mol. The van der Waals surface area contributed by atoms with Crippen LogP contribution in [0.2, 0.25) is 5.15 Å². The largest absolute Gasteiger partial charge is 0.455 e. The van der Waals surface area contributed by atoms with E-state index in [2.05, 4.69) is 32.9 Å². The smallest absolute Gasteiger partial charge is 0.281 e. The van der Waals surface area contributed by atoms with Crippen LogP contribution in [0.25, 0.3) is 22.3 Å². The first kappa shape index (κ1) is 22.9. The van der Waals surface area contributed by atoms with Gasteiger partial charge in [0, 0.05) is 24.4 Å². The van der Waals surface area contributed by atoms with Crippen molar-refractivity contribution in [2.45, 2.75) is 26.8 Å². The van der Waals surface area contributed by atoms with Crippen molar-refractivity contribution >= 4 is 47.0 Å². The molecule has 0 aliphatic carbocycles. The van der Waals surface area contributed by atoms with Crippen LogP contribution in [-0.2, 0) is 7.05 Å². The summed E-state index contributed by atoms with van der Waals surface area (Å²) in [6.07, 6.45) is 3.46. The molecular formula is C23H22ClN5O3S. The van der Waals surface area contributed by atoms with Gasteiger partial charge in [-0.3, -0.25) is 19.0 Å². The lowest BCUT2D eigenvalue weighted by Gasteiger charge is -2.20. The molecule has 0 spiro atoms. The minimum absolute atomic E-state index is 0.101. The fourth-order valence-corrected chi connectivity index (χ4v) is 4.05. The number of amides is 1. The van der Waals surface area contributed by atoms with Gasteiger partial charge in [-0.15, -0.1) is 0 Å². The van der Waals surface area contributed by atoms with Crippen molar-refractivity contribution in [2.24, 2.45) is 7.05 Å². The first-order valence-corrected chi connectivity index (χ1v) is 11.0. The van der Waals surface area contributed by atoms with Gasteiger partial charge in [-0.1, -0.05) is 30.5 Å². The predicted octanol–water partition coefficient (Wildman–Crippen LogP) is 4.61. The van der Waals surface area contributed by atoms with Gasteiger partial charge in [0.1, 0.15) is 16.5 Å². The van der Waals surface area contributed by atoms with Crippen LogP contribution >= 0.6 is 24.4 Å². The highest BCUT2D eigenvalue weighted by Crippen LogP contribution is 2.32. The normalized spacial score (nSPS) is 12.1. The molecule has 0 bridgehead atoms. The quantitative estimate of drug-likeness (QED) is 0.283. The Labute approximate surface area is 200 Å². The van der Waals surface area contributed by atoms with E-state index in [1.54, 1.807) is 43.2 Å². The summed E-state index contributed by atoms with van der Waals surface area (Å²) in [5.41, 5.74) is 3.85. The number of benzene rings is 1. The number of halogens is 1. The number of hydrogen-bond donors (Lipinski definition) is 3. The Bertz CT molecular complexity index is 1450. The maximum Gasteiger partial charge on any atom is 0.281 e. The van der Waals surface area contributed by atoms with Crippen molar-refractivity contribution in [3.05, 3.63) is 74.4 Å². The number of anilines is 1. The van der Waals surface area contributed by atoms with E-state index >= 15 is 0 Å². The monoisotopic (exact) mass is 483 g/mol.